The van der Waals surface area contributed by atoms with Gasteiger partial charge in [0.25, 0.3) is 0 Å². The number of phenolic OH excluding ortho intramolecular Hbond substituents is 1. The molecule has 4 saturated carbocycles. The summed E-state index contributed by atoms with van der Waals surface area (Å²) in [4.78, 5) is 26.3. The lowest BCUT2D eigenvalue weighted by atomic mass is 9.34. The van der Waals surface area contributed by atoms with Gasteiger partial charge < -0.3 is 20.1 Å². The van der Waals surface area contributed by atoms with Crippen molar-refractivity contribution >= 4 is 11.9 Å². The average molecular weight is 579 g/mol. The number of fused-ring (bicyclic) bond motifs is 7. The van der Waals surface area contributed by atoms with Gasteiger partial charge in [-0.25, -0.2) is 4.79 Å². The normalized spacial score (nSPS) is 45.7. The Morgan fingerprint density at radius 3 is 2.26 bits per heavy atom. The second kappa shape index (κ2) is 9.33. The van der Waals surface area contributed by atoms with Crippen molar-refractivity contribution in [2.45, 2.75) is 117 Å². The molecule has 0 amide bonds. The molecule has 5 aliphatic carbocycles. The Morgan fingerprint density at radius 2 is 1.57 bits per heavy atom. The molecule has 0 heterocycles. The minimum Gasteiger partial charge on any atom is -0.507 e. The van der Waals surface area contributed by atoms with E-state index in [-0.39, 0.29) is 44.8 Å². The fourth-order valence-corrected chi connectivity index (χ4v) is 11.3. The highest BCUT2D eigenvalue weighted by Crippen LogP contribution is 2.75. The van der Waals surface area contributed by atoms with Crippen molar-refractivity contribution < 1.29 is 29.6 Å². The number of carboxylic acids is 1. The first-order valence-electron chi connectivity index (χ1n) is 16.2. The maximum Gasteiger partial charge on any atom is 0.342 e. The highest BCUT2D eigenvalue weighted by atomic mass is 16.6. The molecule has 0 saturated heterocycles. The second-order valence-electron chi connectivity index (χ2n) is 16.3. The van der Waals surface area contributed by atoms with Crippen molar-refractivity contribution in [2.75, 3.05) is 0 Å². The van der Waals surface area contributed by atoms with E-state index in [1.165, 1.54) is 11.6 Å². The number of esters is 1. The third kappa shape index (κ3) is 3.85. The van der Waals surface area contributed by atoms with E-state index in [9.17, 15) is 24.9 Å². The average Bonchev–Trinajstić information content (AvgIpc) is 2.91. The molecular weight excluding hydrogens is 528 g/mol. The molecular formula is C36H50O6. The van der Waals surface area contributed by atoms with Crippen molar-refractivity contribution in [3.63, 3.8) is 0 Å². The summed E-state index contributed by atoms with van der Waals surface area (Å²) in [6, 6.07) is 6.42. The summed E-state index contributed by atoms with van der Waals surface area (Å²) in [6.45, 7) is 13.7. The molecule has 6 rings (SSSR count). The number of aliphatic carboxylic acids is 1. The van der Waals surface area contributed by atoms with Gasteiger partial charge in [0.1, 0.15) is 16.9 Å². The van der Waals surface area contributed by atoms with Crippen LogP contribution in [0, 0.1) is 44.8 Å². The third-order valence-corrected chi connectivity index (χ3v) is 14.1. The van der Waals surface area contributed by atoms with Crippen LogP contribution in [0.1, 0.15) is 116 Å². The van der Waals surface area contributed by atoms with Gasteiger partial charge in [-0.3, -0.25) is 4.79 Å². The van der Waals surface area contributed by atoms with Gasteiger partial charge >= 0.3 is 11.9 Å². The smallest absolute Gasteiger partial charge is 0.342 e. The molecule has 230 valence electrons. The Bertz CT molecular complexity index is 1330. The van der Waals surface area contributed by atoms with Crippen LogP contribution in [-0.2, 0) is 9.53 Å². The van der Waals surface area contributed by atoms with Crippen molar-refractivity contribution in [1.82, 2.24) is 0 Å². The van der Waals surface area contributed by atoms with E-state index in [1.54, 1.807) is 18.2 Å². The number of aliphatic hydroxyl groups is 1. The highest BCUT2D eigenvalue weighted by molar-refractivity contribution is 5.92. The van der Waals surface area contributed by atoms with Crippen LogP contribution in [0.4, 0.5) is 0 Å². The fourth-order valence-electron chi connectivity index (χ4n) is 11.3. The Morgan fingerprint density at radius 1 is 0.881 bits per heavy atom. The summed E-state index contributed by atoms with van der Waals surface area (Å²) >= 11 is 0. The summed E-state index contributed by atoms with van der Waals surface area (Å²) in [5.74, 6) is -0.968. The number of rotatable bonds is 3. The van der Waals surface area contributed by atoms with Crippen LogP contribution < -0.4 is 0 Å². The summed E-state index contributed by atoms with van der Waals surface area (Å²) in [6.07, 6.45) is 9.99. The van der Waals surface area contributed by atoms with E-state index in [1.807, 2.05) is 6.92 Å². The summed E-state index contributed by atoms with van der Waals surface area (Å²) in [5.41, 5.74) is -0.377. The van der Waals surface area contributed by atoms with Gasteiger partial charge in [0.05, 0.1) is 11.5 Å². The van der Waals surface area contributed by atoms with Gasteiger partial charge in [-0.2, -0.15) is 0 Å². The molecule has 1 aromatic carbocycles. The number of hydrogen-bond donors (Lipinski definition) is 3. The zero-order chi connectivity index (χ0) is 30.5. The molecule has 0 aliphatic heterocycles. The molecule has 42 heavy (non-hydrogen) atoms. The number of aliphatic hydroxyl groups excluding tert-OH is 1. The van der Waals surface area contributed by atoms with Crippen LogP contribution in [0.25, 0.3) is 0 Å². The zero-order valence-corrected chi connectivity index (χ0v) is 26.3. The molecule has 4 fully saturated rings. The Balaban J connectivity index is 1.38. The van der Waals surface area contributed by atoms with E-state index in [0.29, 0.717) is 12.3 Å². The first-order valence-corrected chi connectivity index (χ1v) is 16.2. The van der Waals surface area contributed by atoms with Gasteiger partial charge in [0, 0.05) is 5.92 Å². The van der Waals surface area contributed by atoms with Crippen LogP contribution in [0.5, 0.6) is 5.75 Å². The topological polar surface area (TPSA) is 104 Å². The van der Waals surface area contributed by atoms with Gasteiger partial charge in [0.2, 0.25) is 0 Å². The van der Waals surface area contributed by atoms with Crippen molar-refractivity contribution in [1.29, 1.82) is 0 Å². The molecule has 6 heteroatoms. The number of ether oxygens (including phenoxy) is 1. The molecule has 6 nitrogen and oxygen atoms in total. The lowest BCUT2D eigenvalue weighted by Gasteiger charge is -2.70. The Kier molecular flexibility index (Phi) is 6.60. The van der Waals surface area contributed by atoms with E-state index in [2.05, 4.69) is 40.7 Å². The zero-order valence-electron chi connectivity index (χ0n) is 26.3. The van der Waals surface area contributed by atoms with E-state index in [0.717, 1.165) is 57.8 Å². The number of allylic oxidation sites excluding steroid dienone is 2. The number of carboxylic acid groups (broad SMARTS) is 1. The van der Waals surface area contributed by atoms with Crippen molar-refractivity contribution in [2.24, 2.45) is 44.8 Å². The number of benzene rings is 1. The summed E-state index contributed by atoms with van der Waals surface area (Å²) in [5, 5.41) is 32.3. The standard InChI is InChI=1S/C36H50O6/c1-31(2)17-19-36(30(40)41)20-18-33(4)23(24(36)21-31)11-12-26-32(3)15-14-28(38)35(6,27(32)13-16-34(26,33)5)42-29(39)22-9-7-8-10-25(22)37/h7-11,24,26-28,37-38H,12-21H2,1-6H3,(H,40,41)/t24-,26+,27+,28-,32+,33+,34+,35?,36-/m0/s1. The fraction of sp³-hybridized carbons (Fsp3) is 0.722. The lowest BCUT2D eigenvalue weighted by molar-refractivity contribution is -0.233. The molecule has 1 unspecified atom stereocenters. The van der Waals surface area contributed by atoms with Crippen LogP contribution >= 0.6 is 0 Å². The predicted molar refractivity (Wildman–Crippen MR) is 161 cm³/mol. The maximum atomic E-state index is 13.4. The van der Waals surface area contributed by atoms with Crippen molar-refractivity contribution in [3.05, 3.63) is 41.5 Å². The van der Waals surface area contributed by atoms with E-state index >= 15 is 0 Å². The quantitative estimate of drug-likeness (QED) is 0.253. The van der Waals surface area contributed by atoms with Crippen LogP contribution in [0.3, 0.4) is 0 Å². The monoisotopic (exact) mass is 578 g/mol. The Hall–Kier alpha value is -2.34. The number of para-hydroxylation sites is 1. The van der Waals surface area contributed by atoms with Gasteiger partial charge in [0.15, 0.2) is 0 Å². The second-order valence-corrected chi connectivity index (χ2v) is 16.3. The first kappa shape index (κ1) is 29.7. The molecule has 0 spiro atoms. The number of phenols is 1. The minimum atomic E-state index is -1.07. The van der Waals surface area contributed by atoms with Crippen molar-refractivity contribution in [3.8, 4) is 5.75 Å². The largest absolute Gasteiger partial charge is 0.507 e. The Labute approximate surface area is 250 Å². The number of carbonyl (C=O) groups is 2. The van der Waals surface area contributed by atoms with E-state index < -0.39 is 29.1 Å². The number of carbonyl (C=O) groups excluding carboxylic acids is 1. The molecule has 0 aromatic heterocycles. The molecule has 1 aromatic rings. The molecule has 9 atom stereocenters. The first-order chi connectivity index (χ1) is 19.5. The predicted octanol–water partition coefficient (Wildman–Crippen LogP) is 7.53. The number of hydrogen-bond acceptors (Lipinski definition) is 5. The molecule has 5 aliphatic rings. The maximum absolute atomic E-state index is 13.4. The molecule has 0 radical (unpaired) electrons. The SMILES string of the molecule is CC1(C)CC[C@]2(C(=O)O)CC[C@]3(C)C(=CC[C@@H]4[C@@]5(C)CC[C@H](O)C(C)(OC(=O)c6ccccc6O)[C@@H]5CC[C@]43C)[C@@H]2C1. The lowest BCUT2D eigenvalue weighted by Crippen LogP contribution is -2.67. The van der Waals surface area contributed by atoms with Gasteiger partial charge in [-0.05, 0) is 117 Å². The van der Waals surface area contributed by atoms with Gasteiger partial charge in [-0.15, -0.1) is 0 Å². The van der Waals surface area contributed by atoms with Crippen LogP contribution in [0.2, 0.25) is 0 Å². The molecule has 0 bridgehead atoms. The highest BCUT2D eigenvalue weighted by Gasteiger charge is 2.70. The van der Waals surface area contributed by atoms with Crippen LogP contribution in [0.15, 0.2) is 35.9 Å². The minimum absolute atomic E-state index is 0.0283. The van der Waals surface area contributed by atoms with E-state index in [4.69, 9.17) is 4.74 Å². The van der Waals surface area contributed by atoms with Gasteiger partial charge in [-0.1, -0.05) is 58.4 Å². The van der Waals surface area contributed by atoms with Crippen LogP contribution in [-0.4, -0.2) is 39.0 Å². The molecule has 3 N–H and O–H groups in total. The third-order valence-electron chi connectivity index (χ3n) is 14.1. The summed E-state index contributed by atoms with van der Waals surface area (Å²) < 4.78 is 6.24. The summed E-state index contributed by atoms with van der Waals surface area (Å²) in [7, 11) is 0. The number of aromatic hydroxyl groups is 1.